The number of hydrogen-bond acceptors (Lipinski definition) is 5. The molecule has 1 aliphatic heterocycles. The van der Waals surface area contributed by atoms with Gasteiger partial charge in [-0.1, -0.05) is 6.92 Å². The largest absolute Gasteiger partial charge is 0.493 e. The van der Waals surface area contributed by atoms with E-state index >= 15 is 0 Å². The molecule has 7 nitrogen and oxygen atoms in total. The minimum atomic E-state index is -0.578. The van der Waals surface area contributed by atoms with Crippen LogP contribution in [-0.4, -0.2) is 49.6 Å². The SMILES string of the molecule is COc1cc(C(=O)N2CCC(C)CC2CN)ccc1OCC(N)=O. The number of rotatable bonds is 6. The average molecular weight is 335 g/mol. The molecule has 0 radical (unpaired) electrons. The molecule has 2 rings (SSSR count). The van der Waals surface area contributed by atoms with Crippen LogP contribution in [0.1, 0.15) is 30.1 Å². The van der Waals surface area contributed by atoms with Gasteiger partial charge in [0.05, 0.1) is 7.11 Å². The van der Waals surface area contributed by atoms with Crippen LogP contribution in [0.25, 0.3) is 0 Å². The molecule has 0 spiro atoms. The lowest BCUT2D eigenvalue weighted by Gasteiger charge is -2.38. The van der Waals surface area contributed by atoms with Crippen molar-refractivity contribution in [3.8, 4) is 11.5 Å². The van der Waals surface area contributed by atoms with Gasteiger partial charge in [-0.3, -0.25) is 9.59 Å². The quantitative estimate of drug-likeness (QED) is 0.798. The van der Waals surface area contributed by atoms with E-state index in [1.807, 2.05) is 4.90 Å². The van der Waals surface area contributed by atoms with Gasteiger partial charge in [-0.2, -0.15) is 0 Å². The maximum atomic E-state index is 12.8. The molecule has 0 aliphatic carbocycles. The van der Waals surface area contributed by atoms with Crippen LogP contribution < -0.4 is 20.9 Å². The first kappa shape index (κ1) is 18.1. The molecule has 0 bridgehead atoms. The van der Waals surface area contributed by atoms with Crippen LogP contribution in [0.5, 0.6) is 11.5 Å². The predicted molar refractivity (Wildman–Crippen MR) is 90.0 cm³/mol. The van der Waals surface area contributed by atoms with Crippen molar-refractivity contribution in [1.29, 1.82) is 0 Å². The number of carbonyl (C=O) groups is 2. The van der Waals surface area contributed by atoms with Gasteiger partial charge in [-0.15, -0.1) is 0 Å². The molecule has 1 aliphatic rings. The second-order valence-corrected chi connectivity index (χ2v) is 6.14. The minimum absolute atomic E-state index is 0.0537. The second kappa shape index (κ2) is 8.01. The van der Waals surface area contributed by atoms with Crippen molar-refractivity contribution in [2.75, 3.05) is 26.8 Å². The van der Waals surface area contributed by atoms with E-state index in [-0.39, 0.29) is 18.6 Å². The van der Waals surface area contributed by atoms with E-state index < -0.39 is 5.91 Å². The van der Waals surface area contributed by atoms with Gasteiger partial charge in [0, 0.05) is 24.7 Å². The highest BCUT2D eigenvalue weighted by atomic mass is 16.5. The van der Waals surface area contributed by atoms with Gasteiger partial charge in [0.1, 0.15) is 0 Å². The lowest BCUT2D eigenvalue weighted by atomic mass is 9.92. The van der Waals surface area contributed by atoms with Gasteiger partial charge in [0.15, 0.2) is 18.1 Å². The number of nitrogens with zero attached hydrogens (tertiary/aromatic N) is 1. The van der Waals surface area contributed by atoms with E-state index in [0.29, 0.717) is 36.1 Å². The van der Waals surface area contributed by atoms with Crippen LogP contribution in [0, 0.1) is 5.92 Å². The Bertz CT molecular complexity index is 605. The number of primary amides is 1. The van der Waals surface area contributed by atoms with Crippen LogP contribution in [0.2, 0.25) is 0 Å². The Morgan fingerprint density at radius 3 is 2.71 bits per heavy atom. The summed E-state index contributed by atoms with van der Waals surface area (Å²) in [6.45, 7) is 3.08. The highest BCUT2D eigenvalue weighted by molar-refractivity contribution is 5.95. The van der Waals surface area contributed by atoms with Crippen LogP contribution >= 0.6 is 0 Å². The van der Waals surface area contributed by atoms with Crippen molar-refractivity contribution in [3.63, 3.8) is 0 Å². The molecule has 1 saturated heterocycles. The summed E-state index contributed by atoms with van der Waals surface area (Å²) < 4.78 is 10.5. The lowest BCUT2D eigenvalue weighted by Crippen LogP contribution is -2.49. The summed E-state index contributed by atoms with van der Waals surface area (Å²) in [7, 11) is 1.48. The summed E-state index contributed by atoms with van der Waals surface area (Å²) in [5.41, 5.74) is 11.4. The molecule has 2 amide bonds. The third-order valence-corrected chi connectivity index (χ3v) is 4.29. The van der Waals surface area contributed by atoms with Crippen LogP contribution in [0.4, 0.5) is 0 Å². The zero-order chi connectivity index (χ0) is 17.7. The smallest absolute Gasteiger partial charge is 0.255 e. The fourth-order valence-corrected chi connectivity index (χ4v) is 2.98. The molecule has 0 saturated carbocycles. The van der Waals surface area contributed by atoms with Crippen LogP contribution in [0.15, 0.2) is 18.2 Å². The molecule has 1 heterocycles. The van der Waals surface area contributed by atoms with Gasteiger partial charge >= 0.3 is 0 Å². The number of methoxy groups -OCH3 is 1. The molecule has 7 heteroatoms. The number of likely N-dealkylation sites (tertiary alicyclic amines) is 1. The zero-order valence-corrected chi connectivity index (χ0v) is 14.2. The van der Waals surface area contributed by atoms with Gasteiger partial charge in [-0.05, 0) is 37.0 Å². The number of benzene rings is 1. The Balaban J connectivity index is 2.18. The number of nitrogens with two attached hydrogens (primary N) is 2. The Morgan fingerprint density at radius 1 is 1.33 bits per heavy atom. The summed E-state index contributed by atoms with van der Waals surface area (Å²) in [6, 6.07) is 4.94. The normalized spacial score (nSPS) is 20.5. The lowest BCUT2D eigenvalue weighted by molar-refractivity contribution is -0.119. The van der Waals surface area contributed by atoms with Crippen LogP contribution in [-0.2, 0) is 4.79 Å². The number of piperidine rings is 1. The van der Waals surface area contributed by atoms with Crippen LogP contribution in [0.3, 0.4) is 0 Å². The highest BCUT2D eigenvalue weighted by Crippen LogP contribution is 2.30. The second-order valence-electron chi connectivity index (χ2n) is 6.14. The van der Waals surface area contributed by atoms with E-state index in [2.05, 4.69) is 6.92 Å². The fourth-order valence-electron chi connectivity index (χ4n) is 2.98. The average Bonchev–Trinajstić information content (AvgIpc) is 2.58. The Labute approximate surface area is 141 Å². The Hall–Kier alpha value is -2.28. The van der Waals surface area contributed by atoms with E-state index in [9.17, 15) is 9.59 Å². The molecule has 1 aromatic rings. The number of ether oxygens (including phenoxy) is 2. The summed E-state index contributed by atoms with van der Waals surface area (Å²) in [4.78, 5) is 25.5. The van der Waals surface area contributed by atoms with E-state index in [0.717, 1.165) is 12.8 Å². The molecule has 24 heavy (non-hydrogen) atoms. The number of hydrogen-bond donors (Lipinski definition) is 2. The third-order valence-electron chi connectivity index (χ3n) is 4.29. The first-order chi connectivity index (χ1) is 11.5. The van der Waals surface area contributed by atoms with E-state index in [4.69, 9.17) is 20.9 Å². The molecule has 1 fully saturated rings. The van der Waals surface area contributed by atoms with E-state index in [1.165, 1.54) is 7.11 Å². The van der Waals surface area contributed by atoms with Crippen molar-refractivity contribution in [2.45, 2.75) is 25.8 Å². The minimum Gasteiger partial charge on any atom is -0.493 e. The topological polar surface area (TPSA) is 108 Å². The van der Waals surface area contributed by atoms with Gasteiger partial charge in [-0.25, -0.2) is 0 Å². The van der Waals surface area contributed by atoms with Crippen molar-refractivity contribution >= 4 is 11.8 Å². The summed E-state index contributed by atoms with van der Waals surface area (Å²) in [5.74, 6) is 0.677. The molecule has 1 aromatic carbocycles. The number of amides is 2. The van der Waals surface area contributed by atoms with Gasteiger partial charge < -0.3 is 25.8 Å². The van der Waals surface area contributed by atoms with Gasteiger partial charge in [0.25, 0.3) is 11.8 Å². The third kappa shape index (κ3) is 4.17. The van der Waals surface area contributed by atoms with E-state index in [1.54, 1.807) is 18.2 Å². The zero-order valence-electron chi connectivity index (χ0n) is 14.2. The maximum absolute atomic E-state index is 12.8. The van der Waals surface area contributed by atoms with Crippen molar-refractivity contribution in [1.82, 2.24) is 4.90 Å². The Morgan fingerprint density at radius 2 is 2.08 bits per heavy atom. The number of carbonyl (C=O) groups excluding carboxylic acids is 2. The first-order valence-electron chi connectivity index (χ1n) is 8.06. The molecule has 2 unspecified atom stereocenters. The highest BCUT2D eigenvalue weighted by Gasteiger charge is 2.29. The molecular formula is C17H25N3O4. The van der Waals surface area contributed by atoms with Crippen molar-refractivity contribution < 1.29 is 19.1 Å². The molecule has 4 N–H and O–H groups in total. The first-order valence-corrected chi connectivity index (χ1v) is 8.06. The molecular weight excluding hydrogens is 310 g/mol. The molecule has 132 valence electrons. The standard InChI is InChI=1S/C17H25N3O4/c1-11-5-6-20(13(7-11)9-18)17(22)12-3-4-14(15(8-12)23-2)24-10-16(19)21/h3-4,8,11,13H,5-7,9-10,18H2,1-2H3,(H2,19,21). The Kier molecular flexibility index (Phi) is 6.03. The summed E-state index contributed by atoms with van der Waals surface area (Å²) >= 11 is 0. The summed E-state index contributed by atoms with van der Waals surface area (Å²) in [5, 5.41) is 0. The molecule has 2 atom stereocenters. The fraction of sp³-hybridized carbons (Fsp3) is 0.529. The summed E-state index contributed by atoms with van der Waals surface area (Å²) in [6.07, 6.45) is 1.89. The van der Waals surface area contributed by atoms with Crippen molar-refractivity contribution in [3.05, 3.63) is 23.8 Å². The molecule has 0 aromatic heterocycles. The monoisotopic (exact) mass is 335 g/mol. The maximum Gasteiger partial charge on any atom is 0.255 e. The van der Waals surface area contributed by atoms with Crippen molar-refractivity contribution in [2.24, 2.45) is 17.4 Å². The van der Waals surface area contributed by atoms with Gasteiger partial charge in [0.2, 0.25) is 0 Å². The predicted octanol–water partition coefficient (Wildman–Crippen LogP) is 0.759.